The molecule has 1 N–H and O–H groups in total. The number of anilines is 1. The zero-order chi connectivity index (χ0) is 27.8. The molecule has 9 nitrogen and oxygen atoms in total. The van der Waals surface area contributed by atoms with Gasteiger partial charge in [-0.25, -0.2) is 0 Å². The Kier molecular flexibility index (Phi) is 9.61. The van der Waals surface area contributed by atoms with Gasteiger partial charge in [-0.3, -0.25) is 14.3 Å². The van der Waals surface area contributed by atoms with Gasteiger partial charge >= 0.3 is 0 Å². The van der Waals surface area contributed by atoms with Crippen LogP contribution in [0.1, 0.15) is 54.2 Å². The Hall–Kier alpha value is -4.19. The van der Waals surface area contributed by atoms with Crippen molar-refractivity contribution in [1.29, 1.82) is 0 Å². The van der Waals surface area contributed by atoms with Crippen molar-refractivity contribution in [3.63, 3.8) is 0 Å². The van der Waals surface area contributed by atoms with Crippen LogP contribution in [0.5, 0.6) is 0 Å². The van der Waals surface area contributed by atoms with Crippen molar-refractivity contribution in [3.05, 3.63) is 60.1 Å². The first kappa shape index (κ1) is 28.4. The highest BCUT2D eigenvalue weighted by Gasteiger charge is 2.30. The van der Waals surface area contributed by atoms with Crippen molar-refractivity contribution >= 4 is 30.1 Å². The number of benzene rings is 1. The molecule has 200 valence electrons. The summed E-state index contributed by atoms with van der Waals surface area (Å²) >= 11 is 0. The van der Waals surface area contributed by atoms with E-state index in [1.54, 1.807) is 17.1 Å². The first-order chi connectivity index (χ1) is 18.2. The fraction of sp³-hybridized carbons (Fsp3) is 0.414. The Labute approximate surface area is 223 Å². The van der Waals surface area contributed by atoms with E-state index in [9.17, 15) is 19.2 Å². The summed E-state index contributed by atoms with van der Waals surface area (Å²) in [6.45, 7) is 11.0. The predicted octanol–water partition coefficient (Wildman–Crippen LogP) is 2.75. The number of hydrogen-bond acceptors (Lipinski definition) is 6. The van der Waals surface area contributed by atoms with E-state index < -0.39 is 6.04 Å². The minimum absolute atomic E-state index is 0.143. The van der Waals surface area contributed by atoms with Gasteiger partial charge in [0.05, 0.1) is 17.7 Å². The van der Waals surface area contributed by atoms with Gasteiger partial charge in [-0.1, -0.05) is 38.3 Å². The Morgan fingerprint density at radius 2 is 2.03 bits per heavy atom. The molecule has 1 aromatic carbocycles. The highest BCUT2D eigenvalue weighted by molar-refractivity contribution is 6.00. The molecule has 2 amide bonds. The van der Waals surface area contributed by atoms with Crippen LogP contribution < -0.4 is 10.2 Å². The number of carbonyl (C=O) groups is 4. The van der Waals surface area contributed by atoms with Crippen molar-refractivity contribution in [2.75, 3.05) is 25.0 Å². The van der Waals surface area contributed by atoms with E-state index in [4.69, 9.17) is 0 Å². The van der Waals surface area contributed by atoms with Gasteiger partial charge in [0.25, 0.3) is 5.91 Å². The Morgan fingerprint density at radius 3 is 2.63 bits per heavy atom. The molecular formula is C29H35N5O4. The molecule has 0 aliphatic carbocycles. The fourth-order valence-corrected chi connectivity index (χ4v) is 4.37. The van der Waals surface area contributed by atoms with Crippen LogP contribution in [0.2, 0.25) is 0 Å². The summed E-state index contributed by atoms with van der Waals surface area (Å²) in [6.07, 6.45) is 6.81. The number of aromatic nitrogens is 2. The number of rotatable bonds is 11. The third-order valence-electron chi connectivity index (χ3n) is 6.72. The van der Waals surface area contributed by atoms with Gasteiger partial charge in [0.1, 0.15) is 24.7 Å². The van der Waals surface area contributed by atoms with E-state index in [1.807, 2.05) is 39.0 Å². The molecule has 1 aromatic heterocycles. The molecule has 38 heavy (non-hydrogen) atoms. The summed E-state index contributed by atoms with van der Waals surface area (Å²) in [5.74, 6) is 6.03. The molecule has 0 radical (unpaired) electrons. The molecule has 0 saturated carbocycles. The number of aldehydes is 2. The second-order valence-electron chi connectivity index (χ2n) is 9.72. The number of amides is 2. The zero-order valence-corrected chi connectivity index (χ0v) is 22.4. The normalized spacial score (nSPS) is 14.5. The van der Waals surface area contributed by atoms with E-state index in [1.165, 1.54) is 18.1 Å². The monoisotopic (exact) mass is 517 g/mol. The van der Waals surface area contributed by atoms with Crippen LogP contribution in [0.25, 0.3) is 0 Å². The Balaban J connectivity index is 1.70. The van der Waals surface area contributed by atoms with Gasteiger partial charge in [-0.05, 0) is 37.0 Å². The van der Waals surface area contributed by atoms with Gasteiger partial charge in [0, 0.05) is 50.2 Å². The van der Waals surface area contributed by atoms with E-state index in [-0.39, 0.29) is 42.5 Å². The standard InChI is InChI=1S/C29H35N5O4/c1-6-33(26(8-7-13-35)28(37)30-5)29(38)25-14-24(12-9-21(25)4)32-16-23(17-32)11-10-22-15-31-34(18-22)27(19-36)20(2)3/h6,9,12-15,18-20,23,26-27H,1,7-8,16-17H2,2-5H3,(H,30,37). The average molecular weight is 518 g/mol. The maximum absolute atomic E-state index is 13.5. The molecule has 0 spiro atoms. The number of nitrogens with one attached hydrogen (secondary N) is 1. The number of aryl methyl sites for hydroxylation is 1. The lowest BCUT2D eigenvalue weighted by atomic mass is 9.97. The number of nitrogens with zero attached hydrogens (tertiary/aromatic N) is 4. The van der Waals surface area contributed by atoms with Crippen molar-refractivity contribution in [2.45, 2.75) is 45.7 Å². The molecule has 1 aliphatic heterocycles. The summed E-state index contributed by atoms with van der Waals surface area (Å²) in [4.78, 5) is 51.6. The molecule has 3 rings (SSSR count). The van der Waals surface area contributed by atoms with Crippen LogP contribution in [0, 0.1) is 30.6 Å². The van der Waals surface area contributed by atoms with Crippen molar-refractivity contribution < 1.29 is 19.2 Å². The van der Waals surface area contributed by atoms with Crippen LogP contribution in [-0.2, 0) is 14.4 Å². The average Bonchev–Trinajstić information content (AvgIpc) is 3.34. The topological polar surface area (TPSA) is 105 Å². The van der Waals surface area contributed by atoms with Gasteiger partial charge in [-0.15, -0.1) is 0 Å². The number of likely N-dealkylation sites (N-methyl/N-ethyl adjacent to an activating group) is 1. The molecule has 2 unspecified atom stereocenters. The number of hydrogen-bond donors (Lipinski definition) is 1. The van der Waals surface area contributed by atoms with Crippen molar-refractivity contribution in [2.24, 2.45) is 11.8 Å². The maximum Gasteiger partial charge on any atom is 0.258 e. The molecule has 2 atom stereocenters. The molecule has 9 heteroatoms. The molecule has 1 aliphatic rings. The van der Waals surface area contributed by atoms with Gasteiger partial charge in [0.2, 0.25) is 5.91 Å². The van der Waals surface area contributed by atoms with Crippen LogP contribution in [0.3, 0.4) is 0 Å². The van der Waals surface area contributed by atoms with Gasteiger partial charge < -0.3 is 24.7 Å². The Morgan fingerprint density at radius 1 is 1.29 bits per heavy atom. The summed E-state index contributed by atoms with van der Waals surface area (Å²) in [7, 11) is 1.50. The minimum Gasteiger partial charge on any atom is -0.369 e. The van der Waals surface area contributed by atoms with E-state index >= 15 is 0 Å². The highest BCUT2D eigenvalue weighted by atomic mass is 16.2. The van der Waals surface area contributed by atoms with E-state index in [0.717, 1.165) is 29.4 Å². The summed E-state index contributed by atoms with van der Waals surface area (Å²) < 4.78 is 1.65. The largest absolute Gasteiger partial charge is 0.369 e. The highest BCUT2D eigenvalue weighted by Crippen LogP contribution is 2.28. The summed E-state index contributed by atoms with van der Waals surface area (Å²) in [6, 6.07) is 4.54. The second-order valence-corrected chi connectivity index (χ2v) is 9.72. The summed E-state index contributed by atoms with van der Waals surface area (Å²) in [5, 5.41) is 6.84. The molecule has 1 fully saturated rings. The van der Waals surface area contributed by atoms with Crippen LogP contribution in [-0.4, -0.2) is 65.2 Å². The maximum atomic E-state index is 13.5. The smallest absolute Gasteiger partial charge is 0.258 e. The fourth-order valence-electron chi connectivity index (χ4n) is 4.37. The molecule has 0 bridgehead atoms. The van der Waals surface area contributed by atoms with Crippen LogP contribution >= 0.6 is 0 Å². The van der Waals surface area contributed by atoms with E-state index in [0.29, 0.717) is 18.7 Å². The third-order valence-corrected chi connectivity index (χ3v) is 6.72. The predicted molar refractivity (Wildman–Crippen MR) is 145 cm³/mol. The van der Waals surface area contributed by atoms with Crippen LogP contribution in [0.15, 0.2) is 43.4 Å². The molecule has 1 saturated heterocycles. The third kappa shape index (κ3) is 6.38. The Bertz CT molecular complexity index is 1250. The van der Waals surface area contributed by atoms with Crippen LogP contribution in [0.4, 0.5) is 5.69 Å². The lowest BCUT2D eigenvalue weighted by molar-refractivity contribution is -0.124. The van der Waals surface area contributed by atoms with Crippen molar-refractivity contribution in [3.8, 4) is 11.8 Å². The molecular weight excluding hydrogens is 482 g/mol. The van der Waals surface area contributed by atoms with Gasteiger partial charge in [0.15, 0.2) is 0 Å². The molecule has 2 heterocycles. The van der Waals surface area contributed by atoms with Gasteiger partial charge in [-0.2, -0.15) is 5.10 Å². The van der Waals surface area contributed by atoms with E-state index in [2.05, 4.69) is 33.7 Å². The molecule has 2 aromatic rings. The second kappa shape index (κ2) is 12.9. The first-order valence-electron chi connectivity index (χ1n) is 12.7. The lowest BCUT2D eigenvalue weighted by Crippen LogP contribution is -2.47. The zero-order valence-electron chi connectivity index (χ0n) is 22.4. The quantitative estimate of drug-likeness (QED) is 0.363. The lowest BCUT2D eigenvalue weighted by Gasteiger charge is -2.38. The minimum atomic E-state index is -0.825. The number of carbonyl (C=O) groups excluding carboxylic acids is 4. The summed E-state index contributed by atoms with van der Waals surface area (Å²) in [5.41, 5.74) is 2.91. The first-order valence-corrected chi connectivity index (χ1v) is 12.7. The van der Waals surface area contributed by atoms with Crippen molar-refractivity contribution in [1.82, 2.24) is 20.0 Å². The SMILES string of the molecule is C=CN(C(=O)c1cc(N2CC(C#Cc3cnn(C(C=O)C(C)C)c3)C2)ccc1C)C(CCC=O)C(=O)NC.